The molecule has 1 saturated carbocycles. The van der Waals surface area contributed by atoms with Gasteiger partial charge in [0.1, 0.15) is 0 Å². The number of carboxylic acids is 1. The van der Waals surface area contributed by atoms with Crippen LogP contribution in [0.15, 0.2) is 0 Å². The maximum atomic E-state index is 11.0. The summed E-state index contributed by atoms with van der Waals surface area (Å²) in [6.07, 6.45) is 6.51. The molecule has 1 heterocycles. The van der Waals surface area contributed by atoms with E-state index in [1.165, 1.54) is 32.1 Å². The second kappa shape index (κ2) is 7.41. The van der Waals surface area contributed by atoms with E-state index in [9.17, 15) is 4.79 Å². The molecule has 4 heteroatoms. The van der Waals surface area contributed by atoms with Crippen LogP contribution in [0.5, 0.6) is 0 Å². The molecule has 0 amide bonds. The summed E-state index contributed by atoms with van der Waals surface area (Å²) in [6, 6.07) is 0.477. The van der Waals surface area contributed by atoms with Crippen molar-refractivity contribution in [1.29, 1.82) is 0 Å². The standard InChI is InChI=1S/C16H30N2O2/c1-12(2)5-6-17-15-8-14(7-13-3-4-13)9-18(10-15)11-16(19)20/h12-15,17H,3-11H2,1-2H3,(H,19,20). The van der Waals surface area contributed by atoms with E-state index >= 15 is 0 Å². The average Bonchev–Trinajstić information content (AvgIpc) is 3.11. The average molecular weight is 282 g/mol. The summed E-state index contributed by atoms with van der Waals surface area (Å²) in [7, 11) is 0. The van der Waals surface area contributed by atoms with Crippen molar-refractivity contribution in [2.75, 3.05) is 26.2 Å². The number of hydrogen-bond acceptors (Lipinski definition) is 3. The minimum atomic E-state index is -0.696. The van der Waals surface area contributed by atoms with Gasteiger partial charge in [-0.25, -0.2) is 0 Å². The fourth-order valence-electron chi connectivity index (χ4n) is 3.34. The summed E-state index contributed by atoms with van der Waals surface area (Å²) in [4.78, 5) is 13.1. The van der Waals surface area contributed by atoms with Gasteiger partial charge in [0.25, 0.3) is 0 Å². The smallest absolute Gasteiger partial charge is 0.317 e. The Bertz CT molecular complexity index is 316. The summed E-state index contributed by atoms with van der Waals surface area (Å²) in [5.74, 6) is 1.65. The number of carbonyl (C=O) groups is 1. The molecule has 2 aliphatic rings. The van der Waals surface area contributed by atoms with Gasteiger partial charge in [-0.2, -0.15) is 0 Å². The monoisotopic (exact) mass is 282 g/mol. The molecule has 2 atom stereocenters. The number of likely N-dealkylation sites (tertiary alicyclic amines) is 1. The zero-order valence-electron chi connectivity index (χ0n) is 13.0. The second-order valence-corrected chi connectivity index (χ2v) is 7.20. The summed E-state index contributed by atoms with van der Waals surface area (Å²) in [6.45, 7) is 7.62. The van der Waals surface area contributed by atoms with Gasteiger partial charge in [0.05, 0.1) is 6.54 Å². The SMILES string of the molecule is CC(C)CCNC1CC(CC2CC2)CN(CC(=O)O)C1. The van der Waals surface area contributed by atoms with Crippen molar-refractivity contribution in [3.05, 3.63) is 0 Å². The number of rotatable bonds is 8. The zero-order valence-corrected chi connectivity index (χ0v) is 13.0. The van der Waals surface area contributed by atoms with Gasteiger partial charge < -0.3 is 10.4 Å². The molecule has 2 unspecified atom stereocenters. The van der Waals surface area contributed by atoms with Crippen molar-refractivity contribution < 1.29 is 9.90 Å². The first-order valence-corrected chi connectivity index (χ1v) is 8.20. The quantitative estimate of drug-likeness (QED) is 0.716. The minimum Gasteiger partial charge on any atom is -0.480 e. The number of piperidine rings is 1. The molecular formula is C16H30N2O2. The van der Waals surface area contributed by atoms with Crippen LogP contribution in [0.25, 0.3) is 0 Å². The lowest BCUT2D eigenvalue weighted by Crippen LogP contribution is -2.50. The molecule has 1 aliphatic heterocycles. The number of hydrogen-bond donors (Lipinski definition) is 2. The van der Waals surface area contributed by atoms with Gasteiger partial charge in [0.2, 0.25) is 0 Å². The van der Waals surface area contributed by atoms with Gasteiger partial charge in [-0.05, 0) is 43.6 Å². The predicted molar refractivity (Wildman–Crippen MR) is 80.8 cm³/mol. The van der Waals surface area contributed by atoms with E-state index in [4.69, 9.17) is 5.11 Å². The van der Waals surface area contributed by atoms with Gasteiger partial charge in [0.15, 0.2) is 0 Å². The Morgan fingerprint density at radius 3 is 2.65 bits per heavy atom. The molecule has 1 aliphatic carbocycles. The zero-order chi connectivity index (χ0) is 14.5. The van der Waals surface area contributed by atoms with Crippen molar-refractivity contribution in [2.24, 2.45) is 17.8 Å². The van der Waals surface area contributed by atoms with E-state index in [0.29, 0.717) is 12.0 Å². The largest absolute Gasteiger partial charge is 0.480 e. The first-order chi connectivity index (χ1) is 9.52. The highest BCUT2D eigenvalue weighted by Gasteiger charge is 2.32. The third-order valence-electron chi connectivity index (χ3n) is 4.49. The summed E-state index contributed by atoms with van der Waals surface area (Å²) >= 11 is 0. The molecule has 0 aromatic rings. The highest BCUT2D eigenvalue weighted by molar-refractivity contribution is 5.69. The van der Waals surface area contributed by atoms with Crippen molar-refractivity contribution in [3.8, 4) is 0 Å². The van der Waals surface area contributed by atoms with Gasteiger partial charge >= 0.3 is 5.97 Å². The molecule has 0 radical (unpaired) electrons. The van der Waals surface area contributed by atoms with Crippen molar-refractivity contribution in [3.63, 3.8) is 0 Å². The predicted octanol–water partition coefficient (Wildman–Crippen LogP) is 2.20. The van der Waals surface area contributed by atoms with E-state index < -0.39 is 5.97 Å². The molecule has 0 aromatic carbocycles. The molecule has 2 fully saturated rings. The van der Waals surface area contributed by atoms with Gasteiger partial charge in [-0.1, -0.05) is 26.7 Å². The van der Waals surface area contributed by atoms with Crippen LogP contribution < -0.4 is 5.32 Å². The van der Waals surface area contributed by atoms with Crippen LogP contribution in [0.4, 0.5) is 0 Å². The van der Waals surface area contributed by atoms with Crippen LogP contribution >= 0.6 is 0 Å². The lowest BCUT2D eigenvalue weighted by Gasteiger charge is -2.37. The molecule has 4 nitrogen and oxygen atoms in total. The van der Waals surface area contributed by atoms with Gasteiger partial charge in [0, 0.05) is 19.1 Å². The van der Waals surface area contributed by atoms with Crippen molar-refractivity contribution in [2.45, 2.75) is 52.0 Å². The Labute approximate surface area is 122 Å². The maximum absolute atomic E-state index is 11.0. The van der Waals surface area contributed by atoms with Crippen LogP contribution in [0, 0.1) is 17.8 Å². The van der Waals surface area contributed by atoms with Crippen LogP contribution in [-0.4, -0.2) is 48.2 Å². The summed E-state index contributed by atoms with van der Waals surface area (Å²) < 4.78 is 0. The Morgan fingerprint density at radius 2 is 2.05 bits per heavy atom. The van der Waals surface area contributed by atoms with E-state index in [1.807, 2.05) is 0 Å². The highest BCUT2D eigenvalue weighted by Crippen LogP contribution is 2.37. The van der Waals surface area contributed by atoms with Gasteiger partial charge in [-0.3, -0.25) is 9.69 Å². The molecule has 20 heavy (non-hydrogen) atoms. The molecule has 0 aromatic heterocycles. The van der Waals surface area contributed by atoms with Gasteiger partial charge in [-0.15, -0.1) is 0 Å². The number of aliphatic carboxylic acids is 1. The fraction of sp³-hybridized carbons (Fsp3) is 0.938. The van der Waals surface area contributed by atoms with Crippen LogP contribution in [0.1, 0.15) is 46.0 Å². The van der Waals surface area contributed by atoms with E-state index in [0.717, 1.165) is 31.5 Å². The fourth-order valence-corrected chi connectivity index (χ4v) is 3.34. The Balaban J connectivity index is 1.80. The van der Waals surface area contributed by atoms with E-state index in [-0.39, 0.29) is 6.54 Å². The third kappa shape index (κ3) is 5.80. The lowest BCUT2D eigenvalue weighted by atomic mass is 9.89. The third-order valence-corrected chi connectivity index (χ3v) is 4.49. The normalized spacial score (nSPS) is 27.9. The van der Waals surface area contributed by atoms with E-state index in [2.05, 4.69) is 24.1 Å². The highest BCUT2D eigenvalue weighted by atomic mass is 16.4. The van der Waals surface area contributed by atoms with Crippen molar-refractivity contribution in [1.82, 2.24) is 10.2 Å². The molecule has 1 saturated heterocycles. The number of nitrogens with one attached hydrogen (secondary N) is 1. The van der Waals surface area contributed by atoms with Crippen LogP contribution in [0.2, 0.25) is 0 Å². The first kappa shape index (κ1) is 15.8. The molecule has 116 valence electrons. The molecule has 0 bridgehead atoms. The summed E-state index contributed by atoms with van der Waals surface area (Å²) in [5.41, 5.74) is 0. The lowest BCUT2D eigenvalue weighted by molar-refractivity contribution is -0.138. The second-order valence-electron chi connectivity index (χ2n) is 7.20. The minimum absolute atomic E-state index is 0.198. The Kier molecular flexibility index (Phi) is 5.85. The van der Waals surface area contributed by atoms with Crippen LogP contribution in [0.3, 0.4) is 0 Å². The molecule has 2 rings (SSSR count). The molecular weight excluding hydrogens is 252 g/mol. The Morgan fingerprint density at radius 1 is 1.30 bits per heavy atom. The topological polar surface area (TPSA) is 52.6 Å². The maximum Gasteiger partial charge on any atom is 0.317 e. The number of carboxylic acid groups (broad SMARTS) is 1. The van der Waals surface area contributed by atoms with Crippen molar-refractivity contribution >= 4 is 5.97 Å². The molecule has 2 N–H and O–H groups in total. The number of nitrogens with zero attached hydrogens (tertiary/aromatic N) is 1. The van der Waals surface area contributed by atoms with E-state index in [1.54, 1.807) is 0 Å². The molecule has 0 spiro atoms. The summed E-state index contributed by atoms with van der Waals surface area (Å²) in [5, 5.41) is 12.7. The Hall–Kier alpha value is -0.610. The van der Waals surface area contributed by atoms with Crippen LogP contribution in [-0.2, 0) is 4.79 Å². The first-order valence-electron chi connectivity index (χ1n) is 8.20.